The van der Waals surface area contributed by atoms with Crippen LogP contribution in [0.15, 0.2) is 24.3 Å². The molecule has 1 N–H and O–H groups in total. The molecule has 0 saturated carbocycles. The molecule has 15 heavy (non-hydrogen) atoms. The highest BCUT2D eigenvalue weighted by molar-refractivity contribution is 5.16. The molecule has 0 fully saturated rings. The molecule has 0 aliphatic rings. The highest BCUT2D eigenvalue weighted by atomic mass is 19.1. The Morgan fingerprint density at radius 3 is 2.53 bits per heavy atom. The first kappa shape index (κ1) is 12.2. The topological polar surface area (TPSA) is 12.0 Å². The third-order valence-corrected chi connectivity index (χ3v) is 3.07. The van der Waals surface area contributed by atoms with Gasteiger partial charge in [-0.15, -0.1) is 0 Å². The van der Waals surface area contributed by atoms with E-state index in [1.165, 1.54) is 6.07 Å². The van der Waals surface area contributed by atoms with Gasteiger partial charge in [-0.3, -0.25) is 0 Å². The molecule has 0 heterocycles. The number of halogens is 1. The summed E-state index contributed by atoms with van der Waals surface area (Å²) in [6.45, 7) is 7.14. The second-order valence-corrected chi connectivity index (χ2v) is 4.15. The van der Waals surface area contributed by atoms with Crippen LogP contribution < -0.4 is 5.32 Å². The molecule has 0 aliphatic heterocycles. The minimum absolute atomic E-state index is 0.124. The standard InChI is InChI=1S/C13H20FN/c1-4-10(2)11(3)15-9-12-7-5-6-8-13(12)14/h5-8,10-11,15H,4,9H2,1-3H3/t10-,11-/m1/s1. The summed E-state index contributed by atoms with van der Waals surface area (Å²) in [6, 6.07) is 7.34. The van der Waals surface area contributed by atoms with E-state index in [4.69, 9.17) is 0 Å². The molecular formula is C13H20FN. The summed E-state index contributed by atoms with van der Waals surface area (Å²) in [6.07, 6.45) is 1.14. The van der Waals surface area contributed by atoms with Crippen molar-refractivity contribution in [2.75, 3.05) is 0 Å². The number of hydrogen-bond donors (Lipinski definition) is 1. The van der Waals surface area contributed by atoms with E-state index >= 15 is 0 Å². The molecule has 2 atom stereocenters. The maximum absolute atomic E-state index is 13.3. The molecule has 0 unspecified atom stereocenters. The van der Waals surface area contributed by atoms with E-state index in [9.17, 15) is 4.39 Å². The Morgan fingerprint density at radius 2 is 1.93 bits per heavy atom. The summed E-state index contributed by atoms with van der Waals surface area (Å²) < 4.78 is 13.3. The van der Waals surface area contributed by atoms with Crippen molar-refractivity contribution in [2.45, 2.75) is 39.8 Å². The van der Waals surface area contributed by atoms with Gasteiger partial charge in [-0.2, -0.15) is 0 Å². The third-order valence-electron chi connectivity index (χ3n) is 3.07. The average Bonchev–Trinajstić information content (AvgIpc) is 2.26. The van der Waals surface area contributed by atoms with E-state index in [1.54, 1.807) is 6.07 Å². The summed E-state index contributed by atoms with van der Waals surface area (Å²) in [5.74, 6) is 0.498. The zero-order chi connectivity index (χ0) is 11.3. The van der Waals surface area contributed by atoms with Gasteiger partial charge in [0.05, 0.1) is 0 Å². The van der Waals surface area contributed by atoms with Gasteiger partial charge in [0.1, 0.15) is 5.82 Å². The molecule has 0 radical (unpaired) electrons. The number of rotatable bonds is 5. The molecule has 84 valence electrons. The van der Waals surface area contributed by atoms with Crippen LogP contribution in [0.5, 0.6) is 0 Å². The normalized spacial score (nSPS) is 14.9. The smallest absolute Gasteiger partial charge is 0.127 e. The summed E-state index contributed by atoms with van der Waals surface area (Å²) in [7, 11) is 0. The highest BCUT2D eigenvalue weighted by Crippen LogP contribution is 2.10. The summed E-state index contributed by atoms with van der Waals surface area (Å²) in [4.78, 5) is 0. The molecule has 1 nitrogen and oxygen atoms in total. The number of hydrogen-bond acceptors (Lipinski definition) is 1. The van der Waals surface area contributed by atoms with Gasteiger partial charge in [0.25, 0.3) is 0 Å². The van der Waals surface area contributed by atoms with E-state index in [0.717, 1.165) is 12.0 Å². The summed E-state index contributed by atoms with van der Waals surface area (Å²) in [5.41, 5.74) is 0.743. The van der Waals surface area contributed by atoms with Crippen molar-refractivity contribution < 1.29 is 4.39 Å². The van der Waals surface area contributed by atoms with Crippen molar-refractivity contribution in [1.82, 2.24) is 5.32 Å². The number of nitrogens with one attached hydrogen (secondary N) is 1. The average molecular weight is 209 g/mol. The lowest BCUT2D eigenvalue weighted by Gasteiger charge is -2.20. The Labute approximate surface area is 91.7 Å². The van der Waals surface area contributed by atoms with Crippen LogP contribution in [-0.4, -0.2) is 6.04 Å². The Morgan fingerprint density at radius 1 is 1.27 bits per heavy atom. The fraction of sp³-hybridized carbons (Fsp3) is 0.538. The van der Waals surface area contributed by atoms with Crippen molar-refractivity contribution in [2.24, 2.45) is 5.92 Å². The van der Waals surface area contributed by atoms with Crippen LogP contribution in [0.25, 0.3) is 0 Å². The predicted octanol–water partition coefficient (Wildman–Crippen LogP) is 3.35. The van der Waals surface area contributed by atoms with Crippen LogP contribution in [0.1, 0.15) is 32.8 Å². The van der Waals surface area contributed by atoms with E-state index in [1.807, 2.05) is 12.1 Å². The van der Waals surface area contributed by atoms with Crippen LogP contribution in [0.2, 0.25) is 0 Å². The van der Waals surface area contributed by atoms with Gasteiger partial charge in [-0.1, -0.05) is 38.5 Å². The SMILES string of the molecule is CC[C@@H](C)[C@@H](C)NCc1ccccc1F. The zero-order valence-corrected chi connectivity index (χ0v) is 9.76. The Bertz CT molecular complexity index is 298. The molecule has 0 amide bonds. The van der Waals surface area contributed by atoms with E-state index in [-0.39, 0.29) is 5.82 Å². The largest absolute Gasteiger partial charge is 0.310 e. The van der Waals surface area contributed by atoms with Gasteiger partial charge in [0.15, 0.2) is 0 Å². The first-order chi connectivity index (χ1) is 7.15. The molecule has 0 bridgehead atoms. The van der Waals surface area contributed by atoms with Gasteiger partial charge in [-0.25, -0.2) is 4.39 Å². The zero-order valence-electron chi connectivity index (χ0n) is 9.76. The predicted molar refractivity (Wildman–Crippen MR) is 62.2 cm³/mol. The minimum Gasteiger partial charge on any atom is -0.310 e. The monoisotopic (exact) mass is 209 g/mol. The molecule has 0 spiro atoms. The fourth-order valence-electron chi connectivity index (χ4n) is 1.47. The van der Waals surface area contributed by atoms with Gasteiger partial charge in [0, 0.05) is 18.2 Å². The Hall–Kier alpha value is -0.890. The second-order valence-electron chi connectivity index (χ2n) is 4.15. The van der Waals surface area contributed by atoms with Crippen LogP contribution in [0.4, 0.5) is 4.39 Å². The highest BCUT2D eigenvalue weighted by Gasteiger charge is 2.09. The van der Waals surface area contributed by atoms with E-state index in [2.05, 4.69) is 26.1 Å². The Balaban J connectivity index is 2.47. The molecule has 0 aliphatic carbocycles. The Kier molecular flexibility index (Phi) is 4.76. The van der Waals surface area contributed by atoms with Crippen LogP contribution in [-0.2, 0) is 6.54 Å². The van der Waals surface area contributed by atoms with Crippen LogP contribution in [0, 0.1) is 11.7 Å². The molecule has 0 aromatic heterocycles. The first-order valence-corrected chi connectivity index (χ1v) is 5.62. The molecule has 2 heteroatoms. The molecule has 0 saturated heterocycles. The van der Waals surface area contributed by atoms with Crippen LogP contribution >= 0.6 is 0 Å². The van der Waals surface area contributed by atoms with Crippen molar-refractivity contribution in [3.63, 3.8) is 0 Å². The van der Waals surface area contributed by atoms with E-state index in [0.29, 0.717) is 18.5 Å². The van der Waals surface area contributed by atoms with Crippen molar-refractivity contribution in [3.8, 4) is 0 Å². The lowest BCUT2D eigenvalue weighted by Crippen LogP contribution is -2.31. The van der Waals surface area contributed by atoms with Gasteiger partial charge < -0.3 is 5.32 Å². The summed E-state index contributed by atoms with van der Waals surface area (Å²) >= 11 is 0. The number of benzene rings is 1. The van der Waals surface area contributed by atoms with Gasteiger partial charge in [-0.05, 0) is 18.9 Å². The molecular weight excluding hydrogens is 189 g/mol. The second kappa shape index (κ2) is 5.86. The first-order valence-electron chi connectivity index (χ1n) is 5.62. The van der Waals surface area contributed by atoms with Crippen molar-refractivity contribution in [3.05, 3.63) is 35.6 Å². The lowest BCUT2D eigenvalue weighted by atomic mass is 10.0. The third kappa shape index (κ3) is 3.63. The maximum Gasteiger partial charge on any atom is 0.127 e. The minimum atomic E-state index is -0.124. The maximum atomic E-state index is 13.3. The molecule has 1 rings (SSSR count). The molecule has 1 aromatic carbocycles. The fourth-order valence-corrected chi connectivity index (χ4v) is 1.47. The quantitative estimate of drug-likeness (QED) is 0.784. The van der Waals surface area contributed by atoms with Gasteiger partial charge in [0.2, 0.25) is 0 Å². The summed E-state index contributed by atoms with van der Waals surface area (Å²) in [5, 5.41) is 3.35. The van der Waals surface area contributed by atoms with Gasteiger partial charge >= 0.3 is 0 Å². The van der Waals surface area contributed by atoms with Crippen molar-refractivity contribution in [1.29, 1.82) is 0 Å². The lowest BCUT2D eigenvalue weighted by molar-refractivity contribution is 0.386. The molecule has 1 aromatic rings. The van der Waals surface area contributed by atoms with Crippen LogP contribution in [0.3, 0.4) is 0 Å². The van der Waals surface area contributed by atoms with Crippen molar-refractivity contribution >= 4 is 0 Å². The van der Waals surface area contributed by atoms with E-state index < -0.39 is 0 Å².